The van der Waals surface area contributed by atoms with Gasteiger partial charge in [-0.3, -0.25) is 9.59 Å². The summed E-state index contributed by atoms with van der Waals surface area (Å²) in [6, 6.07) is 0. The van der Waals surface area contributed by atoms with Crippen LogP contribution in [0.25, 0.3) is 0 Å². The van der Waals surface area contributed by atoms with Gasteiger partial charge in [0.15, 0.2) is 0 Å². The minimum Gasteiger partial charge on any atom is -0.481 e. The molecule has 4 heteroatoms. The van der Waals surface area contributed by atoms with Gasteiger partial charge in [0.25, 0.3) is 0 Å². The van der Waals surface area contributed by atoms with E-state index in [2.05, 4.69) is 5.32 Å². The maximum atomic E-state index is 12.4. The first-order valence-electron chi connectivity index (χ1n) is 8.13. The number of aliphatic carboxylic acids is 1. The highest BCUT2D eigenvalue weighted by atomic mass is 16.4. The van der Waals surface area contributed by atoms with E-state index in [1.165, 1.54) is 32.1 Å². The summed E-state index contributed by atoms with van der Waals surface area (Å²) in [4.78, 5) is 22.8. The van der Waals surface area contributed by atoms with Crippen LogP contribution in [-0.4, -0.2) is 23.5 Å². The number of hydrogen-bond donors (Lipinski definition) is 2. The Morgan fingerprint density at radius 3 is 2.10 bits per heavy atom. The molecule has 0 unspecified atom stereocenters. The molecular formula is C16H25NO3. The largest absolute Gasteiger partial charge is 0.481 e. The Morgan fingerprint density at radius 1 is 0.950 bits per heavy atom. The predicted octanol–water partition coefficient (Wildman–Crippen LogP) is 2.43. The average Bonchev–Trinajstić information content (AvgIpc) is 2.36. The molecule has 4 aliphatic carbocycles. The molecule has 4 fully saturated rings. The number of hydrogen-bond acceptors (Lipinski definition) is 2. The number of carboxylic acid groups (broad SMARTS) is 1. The van der Waals surface area contributed by atoms with Crippen LogP contribution in [0.2, 0.25) is 0 Å². The van der Waals surface area contributed by atoms with Crippen LogP contribution in [0.3, 0.4) is 0 Å². The van der Waals surface area contributed by atoms with Gasteiger partial charge in [0, 0.05) is 18.9 Å². The standard InChI is InChI=1S/C16H25NO3/c18-14(19)3-1-2-4-17-16(20)15-12-6-10-5-11(8-12)9-13(15)7-10/h10-13,15H,1-9H2,(H,17,20)(H,18,19). The Labute approximate surface area is 120 Å². The molecule has 20 heavy (non-hydrogen) atoms. The van der Waals surface area contributed by atoms with Crippen molar-refractivity contribution >= 4 is 11.9 Å². The van der Waals surface area contributed by atoms with Crippen molar-refractivity contribution < 1.29 is 14.7 Å². The number of rotatable bonds is 6. The van der Waals surface area contributed by atoms with Gasteiger partial charge in [-0.15, -0.1) is 0 Å². The fourth-order valence-electron chi connectivity index (χ4n) is 5.08. The molecule has 0 aliphatic heterocycles. The highest BCUT2D eigenvalue weighted by Crippen LogP contribution is 2.56. The van der Waals surface area contributed by atoms with Gasteiger partial charge in [-0.05, 0) is 68.6 Å². The number of carboxylic acids is 1. The van der Waals surface area contributed by atoms with Gasteiger partial charge in [0.2, 0.25) is 5.91 Å². The van der Waals surface area contributed by atoms with Crippen LogP contribution < -0.4 is 5.32 Å². The Hall–Kier alpha value is -1.06. The van der Waals surface area contributed by atoms with E-state index in [9.17, 15) is 9.59 Å². The van der Waals surface area contributed by atoms with E-state index in [0.717, 1.165) is 18.3 Å². The topological polar surface area (TPSA) is 66.4 Å². The lowest BCUT2D eigenvalue weighted by Gasteiger charge is -2.53. The van der Waals surface area contributed by atoms with E-state index in [4.69, 9.17) is 5.11 Å². The summed E-state index contributed by atoms with van der Waals surface area (Å²) in [7, 11) is 0. The Bertz CT molecular complexity index is 365. The molecule has 112 valence electrons. The Kier molecular flexibility index (Phi) is 3.99. The molecule has 4 rings (SSSR count). The van der Waals surface area contributed by atoms with Gasteiger partial charge in [0.1, 0.15) is 0 Å². The number of amides is 1. The lowest BCUT2D eigenvalue weighted by atomic mass is 9.51. The summed E-state index contributed by atoms with van der Waals surface area (Å²) in [6.45, 7) is 0.634. The van der Waals surface area contributed by atoms with Crippen LogP contribution in [0.5, 0.6) is 0 Å². The second-order valence-electron chi connectivity index (χ2n) is 7.10. The van der Waals surface area contributed by atoms with Crippen LogP contribution >= 0.6 is 0 Å². The quantitative estimate of drug-likeness (QED) is 0.734. The minimum atomic E-state index is -0.752. The molecule has 2 N–H and O–H groups in total. The SMILES string of the molecule is O=C(O)CCCCNC(=O)C1C2CC3CC(C2)CC1C3. The molecule has 1 amide bonds. The predicted molar refractivity (Wildman–Crippen MR) is 75.0 cm³/mol. The van der Waals surface area contributed by atoms with Crippen molar-refractivity contribution in [1.82, 2.24) is 5.32 Å². The van der Waals surface area contributed by atoms with E-state index >= 15 is 0 Å². The Balaban J connectivity index is 1.45. The second-order valence-corrected chi connectivity index (χ2v) is 7.10. The fourth-order valence-corrected chi connectivity index (χ4v) is 5.08. The van der Waals surface area contributed by atoms with Crippen LogP contribution in [0.15, 0.2) is 0 Å². The third-order valence-electron chi connectivity index (χ3n) is 5.65. The smallest absolute Gasteiger partial charge is 0.303 e. The molecule has 0 radical (unpaired) electrons. The minimum absolute atomic E-state index is 0.202. The lowest BCUT2D eigenvalue weighted by Crippen LogP contribution is -2.51. The van der Waals surface area contributed by atoms with E-state index in [-0.39, 0.29) is 18.2 Å². The molecule has 0 saturated heterocycles. The van der Waals surface area contributed by atoms with Crippen molar-refractivity contribution in [2.45, 2.75) is 51.4 Å². The van der Waals surface area contributed by atoms with Crippen molar-refractivity contribution in [2.75, 3.05) is 6.54 Å². The molecule has 0 aromatic rings. The van der Waals surface area contributed by atoms with Gasteiger partial charge in [0.05, 0.1) is 0 Å². The monoisotopic (exact) mass is 279 g/mol. The van der Waals surface area contributed by atoms with E-state index in [1.807, 2.05) is 0 Å². The molecule has 4 saturated carbocycles. The molecule has 0 atom stereocenters. The summed E-state index contributed by atoms with van der Waals surface area (Å²) < 4.78 is 0. The third kappa shape index (κ3) is 2.84. The van der Waals surface area contributed by atoms with Crippen molar-refractivity contribution in [3.63, 3.8) is 0 Å². The second kappa shape index (κ2) is 5.74. The zero-order chi connectivity index (χ0) is 14.1. The van der Waals surface area contributed by atoms with Gasteiger partial charge >= 0.3 is 5.97 Å². The first-order chi connectivity index (χ1) is 9.63. The summed E-state index contributed by atoms with van der Waals surface area (Å²) in [5.41, 5.74) is 0. The summed E-state index contributed by atoms with van der Waals surface area (Å²) in [5, 5.41) is 11.6. The number of nitrogens with one attached hydrogen (secondary N) is 1. The maximum Gasteiger partial charge on any atom is 0.303 e. The fraction of sp³-hybridized carbons (Fsp3) is 0.875. The average molecular weight is 279 g/mol. The normalized spacial score (nSPS) is 37.9. The summed E-state index contributed by atoms with van der Waals surface area (Å²) in [5.74, 6) is 2.80. The first kappa shape index (κ1) is 13.9. The van der Waals surface area contributed by atoms with Crippen molar-refractivity contribution in [3.8, 4) is 0 Å². The number of carbonyl (C=O) groups is 2. The van der Waals surface area contributed by atoms with Crippen molar-refractivity contribution in [1.29, 1.82) is 0 Å². The maximum absolute atomic E-state index is 12.4. The number of unbranched alkanes of at least 4 members (excludes halogenated alkanes) is 1. The van der Waals surface area contributed by atoms with Crippen LogP contribution in [0.4, 0.5) is 0 Å². The van der Waals surface area contributed by atoms with Crippen molar-refractivity contribution in [3.05, 3.63) is 0 Å². The summed E-state index contributed by atoms with van der Waals surface area (Å²) >= 11 is 0. The van der Waals surface area contributed by atoms with Crippen LogP contribution in [-0.2, 0) is 9.59 Å². The molecule has 0 heterocycles. The molecule has 0 aromatic carbocycles. The summed E-state index contributed by atoms with van der Waals surface area (Å²) in [6.07, 6.45) is 8.11. The zero-order valence-corrected chi connectivity index (χ0v) is 12.0. The van der Waals surface area contributed by atoms with Gasteiger partial charge < -0.3 is 10.4 Å². The Morgan fingerprint density at radius 2 is 1.55 bits per heavy atom. The van der Waals surface area contributed by atoms with Gasteiger partial charge in [-0.25, -0.2) is 0 Å². The van der Waals surface area contributed by atoms with Gasteiger partial charge in [-0.1, -0.05) is 0 Å². The molecule has 4 bridgehead atoms. The highest BCUT2D eigenvalue weighted by Gasteiger charge is 2.50. The lowest BCUT2D eigenvalue weighted by molar-refractivity contribution is -0.138. The van der Waals surface area contributed by atoms with Crippen molar-refractivity contribution in [2.24, 2.45) is 29.6 Å². The van der Waals surface area contributed by atoms with Crippen LogP contribution in [0.1, 0.15) is 51.4 Å². The van der Waals surface area contributed by atoms with Gasteiger partial charge in [-0.2, -0.15) is 0 Å². The highest BCUT2D eigenvalue weighted by molar-refractivity contribution is 5.79. The molecule has 4 nitrogen and oxygen atoms in total. The van der Waals surface area contributed by atoms with E-state index in [1.54, 1.807) is 0 Å². The molecular weight excluding hydrogens is 254 g/mol. The third-order valence-corrected chi connectivity index (χ3v) is 5.65. The molecule has 4 aliphatic rings. The van der Waals surface area contributed by atoms with Crippen LogP contribution in [0, 0.1) is 29.6 Å². The zero-order valence-electron chi connectivity index (χ0n) is 12.0. The molecule has 0 spiro atoms. The molecule has 0 aromatic heterocycles. The first-order valence-corrected chi connectivity index (χ1v) is 8.13. The van der Waals surface area contributed by atoms with E-state index < -0.39 is 5.97 Å². The van der Waals surface area contributed by atoms with E-state index in [0.29, 0.717) is 24.8 Å². The number of carbonyl (C=O) groups excluding carboxylic acids is 1.